The van der Waals surface area contributed by atoms with Gasteiger partial charge >= 0.3 is 56.1 Å². The van der Waals surface area contributed by atoms with E-state index in [4.69, 9.17) is 66.4 Å². The van der Waals surface area contributed by atoms with Gasteiger partial charge in [-0.25, -0.2) is 48.7 Å². The van der Waals surface area contributed by atoms with Crippen molar-refractivity contribution in [1.82, 2.24) is 35.6 Å². The standard InChI is InChI=1S/2C38H77N3O8Si2.C13H29NO3Si.2C10H16N2O2/c1-10-44-50(45-11-2,46-12-3)31-40(34-24-18-16-19-25-34)36(42)28-22-23-33(7)29-38(8,9)30-39-37(43)41(35-26-20-17-21-27-35)32-51(47-13-4,48-14-5)49-15-6;1-10-44-50(45-11-2,46-12-3)31-40(34-23-18-16-19-24-34)36(42)27-22-28-38(8,9)29-33(7)30-39-37(43)41(35-25-20-17-21-26-35)32-51(47-13-4,48-14-5)49-15-6;1-4-15-18(16-5-2,17-6-3)12-14-13-10-8-7-9-11-13;2*1-9(5-11-7-13)4-10(2,3)6-12-8-14/h2*33-35H,10-32H2,1-9H3,(H,39,43);13-14H,4-12H2,1-3H3;2*9H,4-6H2,1-3H3. The number of aliphatic imine (C=N–C) groups is 4. The molecular formula is C109H215N11O23Si5. The van der Waals surface area contributed by atoms with Crippen LogP contribution in [0.2, 0.25) is 0 Å². The van der Waals surface area contributed by atoms with Gasteiger partial charge in [0, 0.05) is 155 Å². The molecule has 4 unspecified atom stereocenters. The van der Waals surface area contributed by atoms with Crippen molar-refractivity contribution in [3.05, 3.63) is 0 Å². The zero-order valence-electron chi connectivity index (χ0n) is 98.3. The Kier molecular flexibility index (Phi) is 77.5. The molecule has 34 nitrogen and oxygen atoms in total. The molecule has 0 aliphatic heterocycles. The van der Waals surface area contributed by atoms with Crippen LogP contribution in [0.3, 0.4) is 0 Å². The second-order valence-electron chi connectivity index (χ2n) is 43.8. The SMILES string of the molecule is CC(CN=C=O)CC(C)(C)CN=C=O.CC(CN=C=O)CC(C)(C)CN=C=O.CCO[Si](CN(C(=O)CCCC(C)(C)CC(C)CNC(=O)N(C[Si](OCC)(OCC)OCC)C1CCCCC1)C1CCCCC1)(OCC)OCC.CCO[Si](CN(C(=O)CCCC(C)CC(C)(C)CNC(=O)N(C[Si](OCC)(OCC)OCC)C1CCCCC1)C1CCCCC1)(OCC)OCC.CCO[Si](CNC1CCCCC1)(OCC)OCC. The molecule has 0 aromatic heterocycles. The van der Waals surface area contributed by atoms with Crippen LogP contribution >= 0.6 is 0 Å². The highest BCUT2D eigenvalue weighted by Crippen LogP contribution is 2.37. The molecule has 0 heterocycles. The molecule has 0 saturated heterocycles. The van der Waals surface area contributed by atoms with E-state index in [0.29, 0.717) is 200 Å². The van der Waals surface area contributed by atoms with Gasteiger partial charge in [0.05, 0.1) is 57.0 Å². The van der Waals surface area contributed by atoms with Gasteiger partial charge in [-0.15, -0.1) is 0 Å². The Morgan fingerprint density at radius 2 is 0.568 bits per heavy atom. The molecule has 0 bridgehead atoms. The van der Waals surface area contributed by atoms with Crippen molar-refractivity contribution in [2.45, 2.75) is 442 Å². The van der Waals surface area contributed by atoms with Gasteiger partial charge in [-0.3, -0.25) is 9.59 Å². The molecule has 0 radical (unpaired) electrons. The molecule has 5 rings (SSSR count). The maximum absolute atomic E-state index is 13.9. The second-order valence-corrected chi connectivity index (χ2v) is 56.5. The minimum atomic E-state index is -3.06. The number of isocyanates is 4. The van der Waals surface area contributed by atoms with E-state index < -0.39 is 44.0 Å². The Morgan fingerprint density at radius 3 is 0.865 bits per heavy atom. The number of carbonyl (C=O) groups excluding carboxylic acids is 8. The molecule has 5 aliphatic rings. The fourth-order valence-corrected chi connectivity index (χ4v) is 35.0. The molecule has 4 atom stereocenters. The van der Waals surface area contributed by atoms with Crippen LogP contribution in [0.15, 0.2) is 20.0 Å². The topological polar surface area (TPSA) is 374 Å². The Bertz CT molecular complexity index is 3490. The first kappa shape index (κ1) is 141. The van der Waals surface area contributed by atoms with E-state index in [1.807, 2.05) is 155 Å². The smallest absolute Gasteiger partial charge is 0.373 e. The normalized spacial score (nSPS) is 16.5. The van der Waals surface area contributed by atoms with Gasteiger partial charge in [0.1, 0.15) is 0 Å². The molecule has 5 fully saturated rings. The molecule has 6 amide bonds. The predicted octanol–water partition coefficient (Wildman–Crippen LogP) is 21.7. The van der Waals surface area contributed by atoms with E-state index in [0.717, 1.165) is 160 Å². The van der Waals surface area contributed by atoms with Gasteiger partial charge in [0.25, 0.3) is 0 Å². The maximum atomic E-state index is 13.9. The largest absolute Gasteiger partial charge is 0.521 e. The van der Waals surface area contributed by atoms with Gasteiger partial charge in [-0.1, -0.05) is 186 Å². The number of amides is 6. The molecular weight excluding hydrogens is 1970 g/mol. The minimum absolute atomic E-state index is 0.0184. The van der Waals surface area contributed by atoms with Gasteiger partial charge < -0.3 is 102 Å². The van der Waals surface area contributed by atoms with E-state index in [1.165, 1.54) is 82.1 Å². The molecule has 3 N–H and O–H groups in total. The average Bonchev–Trinajstić information content (AvgIpc) is 0.827. The Balaban J connectivity index is 0.00000104. The third kappa shape index (κ3) is 60.1. The third-order valence-corrected chi connectivity index (χ3v) is 42.2. The monoisotopic (exact) mass is 2190 g/mol. The minimum Gasteiger partial charge on any atom is -0.373 e. The molecule has 0 aromatic carbocycles. The quantitative estimate of drug-likeness (QED) is 0.0289. The first-order valence-corrected chi connectivity index (χ1v) is 67.5. The van der Waals surface area contributed by atoms with Crippen LogP contribution in [0.25, 0.3) is 0 Å². The summed E-state index contributed by atoms with van der Waals surface area (Å²) in [6.07, 6.45) is 45.2. The Hall–Kier alpha value is -4.56. The van der Waals surface area contributed by atoms with E-state index in [1.54, 1.807) is 0 Å². The molecule has 864 valence electrons. The number of nitrogens with one attached hydrogen (secondary N) is 3. The lowest BCUT2D eigenvalue weighted by Gasteiger charge is -2.40. The first-order valence-electron chi connectivity index (χ1n) is 57.8. The molecule has 148 heavy (non-hydrogen) atoms. The maximum Gasteiger partial charge on any atom is 0.521 e. The van der Waals surface area contributed by atoms with Crippen LogP contribution in [-0.2, 0) is 95.2 Å². The zero-order valence-corrected chi connectivity index (χ0v) is 103. The number of hydrogen-bond acceptors (Lipinski definition) is 28. The van der Waals surface area contributed by atoms with E-state index in [2.05, 4.69) is 87.3 Å². The number of urea groups is 2. The lowest BCUT2D eigenvalue weighted by atomic mass is 9.79. The highest BCUT2D eigenvalue weighted by molar-refractivity contribution is 6.62. The Morgan fingerprint density at radius 1 is 0.311 bits per heavy atom. The third-order valence-electron chi connectivity index (χ3n) is 27.7. The second kappa shape index (κ2) is 81.1. The van der Waals surface area contributed by atoms with Crippen LogP contribution < -0.4 is 16.0 Å². The van der Waals surface area contributed by atoms with Crippen molar-refractivity contribution >= 4 is 92.2 Å². The van der Waals surface area contributed by atoms with Gasteiger partial charge in [0.15, 0.2) is 0 Å². The number of carbonyl (C=O) groups is 4. The summed E-state index contributed by atoms with van der Waals surface area (Å²) in [7, 11) is -14.6. The van der Waals surface area contributed by atoms with Crippen molar-refractivity contribution in [2.24, 2.45) is 65.3 Å². The summed E-state index contributed by atoms with van der Waals surface area (Å²) in [5, 5.41) is 10.2. The lowest BCUT2D eigenvalue weighted by Crippen LogP contribution is -2.61. The van der Waals surface area contributed by atoms with Crippen LogP contribution in [0, 0.1) is 45.3 Å². The van der Waals surface area contributed by atoms with Crippen molar-refractivity contribution in [3.63, 3.8) is 0 Å². The van der Waals surface area contributed by atoms with Gasteiger partial charge in [-0.2, -0.15) is 0 Å². The van der Waals surface area contributed by atoms with E-state index >= 15 is 0 Å². The fraction of sp³-hybridized carbons (Fsp3) is 0.927. The summed E-state index contributed by atoms with van der Waals surface area (Å²) >= 11 is 0. The summed E-state index contributed by atoms with van der Waals surface area (Å²) in [4.78, 5) is 118. The summed E-state index contributed by atoms with van der Waals surface area (Å²) in [5.74, 6) is 1.64. The molecule has 5 aliphatic carbocycles. The number of hydrogen-bond donors (Lipinski definition) is 3. The van der Waals surface area contributed by atoms with Crippen LogP contribution in [-0.4, -0.2) is 311 Å². The van der Waals surface area contributed by atoms with E-state index in [-0.39, 0.29) is 75.6 Å². The van der Waals surface area contributed by atoms with Crippen molar-refractivity contribution in [3.8, 4) is 0 Å². The van der Waals surface area contributed by atoms with Crippen LogP contribution in [0.1, 0.15) is 412 Å². The van der Waals surface area contributed by atoms with Crippen molar-refractivity contribution in [1.29, 1.82) is 0 Å². The molecule has 0 spiro atoms. The summed E-state index contributed by atoms with van der Waals surface area (Å²) in [6, 6.07) is 1.26. The highest BCUT2D eigenvalue weighted by Gasteiger charge is 2.51. The van der Waals surface area contributed by atoms with Gasteiger partial charge in [-0.05, 0) is 258 Å². The van der Waals surface area contributed by atoms with Crippen molar-refractivity contribution in [2.75, 3.05) is 169 Å². The summed E-state index contributed by atoms with van der Waals surface area (Å²) in [5.41, 5.74) is -0.188. The number of nitrogens with zero attached hydrogens (tertiary/aromatic N) is 8. The predicted molar refractivity (Wildman–Crippen MR) is 599 cm³/mol. The van der Waals surface area contributed by atoms with Crippen molar-refractivity contribution < 1.29 is 105 Å². The highest BCUT2D eigenvalue weighted by atomic mass is 28.4. The number of rotatable bonds is 73. The Labute approximate surface area is 903 Å². The van der Waals surface area contributed by atoms with E-state index in [9.17, 15) is 38.4 Å². The summed E-state index contributed by atoms with van der Waals surface area (Å²) < 4.78 is 91.6. The van der Waals surface area contributed by atoms with Gasteiger partial charge in [0.2, 0.25) is 36.1 Å². The fourth-order valence-electron chi connectivity index (χ4n) is 21.8. The zero-order chi connectivity index (χ0) is 111. The molecule has 0 aromatic rings. The average molecular weight is 2190 g/mol. The molecule has 5 saturated carbocycles. The molecule has 39 heteroatoms. The van der Waals surface area contributed by atoms with Crippen LogP contribution in [0.4, 0.5) is 9.59 Å². The lowest BCUT2D eigenvalue weighted by molar-refractivity contribution is -0.135. The summed E-state index contributed by atoms with van der Waals surface area (Å²) in [6.45, 7) is 66.0. The first-order chi connectivity index (χ1) is 70.6. The van der Waals surface area contributed by atoms with Crippen LogP contribution in [0.5, 0.6) is 0 Å².